The average molecular weight is 344 g/mol. The van der Waals surface area contributed by atoms with E-state index in [2.05, 4.69) is 0 Å². The van der Waals surface area contributed by atoms with Gasteiger partial charge in [-0.2, -0.15) is 0 Å². The van der Waals surface area contributed by atoms with E-state index in [-0.39, 0.29) is 17.6 Å². The molecule has 0 saturated carbocycles. The third-order valence-electron chi connectivity index (χ3n) is 5.38. The Morgan fingerprint density at radius 1 is 0.960 bits per heavy atom. The van der Waals surface area contributed by atoms with Crippen LogP contribution in [0.25, 0.3) is 0 Å². The monoisotopic (exact) mass is 344 g/mol. The van der Waals surface area contributed by atoms with Crippen LogP contribution in [0.3, 0.4) is 0 Å². The van der Waals surface area contributed by atoms with Gasteiger partial charge in [0.2, 0.25) is 11.8 Å². The van der Waals surface area contributed by atoms with Crippen LogP contribution in [0.15, 0.2) is 24.3 Å². The van der Waals surface area contributed by atoms with Crippen LogP contribution < -0.4 is 0 Å². The topological polar surface area (TPSA) is 60.9 Å². The molecule has 0 bridgehead atoms. The molecule has 0 radical (unpaired) electrons. The molecule has 3 rings (SSSR count). The van der Waals surface area contributed by atoms with Gasteiger partial charge in [0.25, 0.3) is 0 Å². The van der Waals surface area contributed by atoms with Crippen molar-refractivity contribution in [3.8, 4) is 5.75 Å². The molecule has 2 fully saturated rings. The van der Waals surface area contributed by atoms with Crippen molar-refractivity contribution in [2.24, 2.45) is 5.92 Å². The van der Waals surface area contributed by atoms with Crippen LogP contribution >= 0.6 is 0 Å². The highest BCUT2D eigenvalue weighted by Crippen LogP contribution is 2.22. The number of phenols is 1. The Morgan fingerprint density at radius 3 is 2.28 bits per heavy atom. The summed E-state index contributed by atoms with van der Waals surface area (Å²) in [6, 6.07) is 6.85. The summed E-state index contributed by atoms with van der Waals surface area (Å²) >= 11 is 0. The number of benzene rings is 1. The zero-order chi connectivity index (χ0) is 17.6. The molecule has 0 atom stereocenters. The summed E-state index contributed by atoms with van der Waals surface area (Å²) in [6.45, 7) is 3.11. The molecular formula is C20H28N2O3. The highest BCUT2D eigenvalue weighted by atomic mass is 16.3. The Balaban J connectivity index is 1.49. The van der Waals surface area contributed by atoms with E-state index in [1.54, 1.807) is 18.2 Å². The Hall–Kier alpha value is -2.04. The number of amides is 2. The van der Waals surface area contributed by atoms with Crippen molar-refractivity contribution in [2.45, 2.75) is 44.9 Å². The molecule has 0 aliphatic carbocycles. The van der Waals surface area contributed by atoms with E-state index in [1.807, 2.05) is 15.9 Å². The van der Waals surface area contributed by atoms with Crippen LogP contribution in [0, 0.1) is 5.92 Å². The number of piperidine rings is 1. The molecule has 1 N–H and O–H groups in total. The molecule has 2 amide bonds. The zero-order valence-corrected chi connectivity index (χ0v) is 14.8. The molecule has 0 unspecified atom stereocenters. The molecule has 0 aromatic heterocycles. The first kappa shape index (κ1) is 17.8. The number of phenolic OH excluding ortho intramolecular Hbond substituents is 1. The number of hydrogen-bond donors (Lipinski definition) is 1. The number of rotatable bonds is 3. The van der Waals surface area contributed by atoms with Crippen molar-refractivity contribution >= 4 is 11.8 Å². The average Bonchev–Trinajstić information content (AvgIpc) is 2.90. The number of carbonyl (C=O) groups is 2. The van der Waals surface area contributed by atoms with Crippen molar-refractivity contribution in [2.75, 3.05) is 26.2 Å². The minimum absolute atomic E-state index is 0.0721. The Bertz CT molecular complexity index is 601. The second kappa shape index (κ2) is 8.37. The molecule has 2 saturated heterocycles. The van der Waals surface area contributed by atoms with Gasteiger partial charge < -0.3 is 14.9 Å². The van der Waals surface area contributed by atoms with Crippen LogP contribution in [-0.2, 0) is 16.0 Å². The summed E-state index contributed by atoms with van der Waals surface area (Å²) in [5, 5.41) is 9.51. The summed E-state index contributed by atoms with van der Waals surface area (Å²) < 4.78 is 0. The van der Waals surface area contributed by atoms with Crippen molar-refractivity contribution in [1.82, 2.24) is 9.80 Å². The first-order valence-corrected chi connectivity index (χ1v) is 9.48. The predicted octanol–water partition coefficient (Wildman–Crippen LogP) is 2.58. The highest BCUT2D eigenvalue weighted by Gasteiger charge is 2.30. The number of carbonyl (C=O) groups excluding carboxylic acids is 2. The van der Waals surface area contributed by atoms with Gasteiger partial charge in [-0.25, -0.2) is 0 Å². The van der Waals surface area contributed by atoms with E-state index >= 15 is 0 Å². The molecule has 25 heavy (non-hydrogen) atoms. The van der Waals surface area contributed by atoms with Gasteiger partial charge in [0.1, 0.15) is 5.75 Å². The van der Waals surface area contributed by atoms with E-state index in [9.17, 15) is 14.7 Å². The van der Waals surface area contributed by atoms with Gasteiger partial charge in [-0.15, -0.1) is 0 Å². The van der Waals surface area contributed by atoms with Crippen molar-refractivity contribution in [1.29, 1.82) is 0 Å². The Kier molecular flexibility index (Phi) is 5.95. The lowest BCUT2D eigenvalue weighted by Crippen LogP contribution is -2.45. The number of nitrogens with zero attached hydrogens (tertiary/aromatic N) is 2. The zero-order valence-electron chi connectivity index (χ0n) is 14.8. The number of aromatic hydroxyl groups is 1. The van der Waals surface area contributed by atoms with E-state index in [1.165, 1.54) is 12.8 Å². The maximum Gasteiger partial charge on any atom is 0.226 e. The quantitative estimate of drug-likeness (QED) is 0.917. The molecule has 2 aliphatic heterocycles. The molecular weight excluding hydrogens is 316 g/mol. The Morgan fingerprint density at radius 2 is 1.64 bits per heavy atom. The lowest BCUT2D eigenvalue weighted by molar-refractivity contribution is -0.140. The van der Waals surface area contributed by atoms with Crippen molar-refractivity contribution in [3.63, 3.8) is 0 Å². The van der Waals surface area contributed by atoms with Gasteiger partial charge in [-0.3, -0.25) is 9.59 Å². The standard InChI is InChI=1S/C20H28N2O3/c23-18-7-5-6-16(14-18)15-19(24)21-12-8-17(9-13-21)20(25)22-10-3-1-2-4-11-22/h5-7,14,17,23H,1-4,8-13,15H2. The fourth-order valence-corrected chi connectivity index (χ4v) is 3.88. The van der Waals surface area contributed by atoms with E-state index in [4.69, 9.17) is 0 Å². The first-order valence-electron chi connectivity index (χ1n) is 9.48. The summed E-state index contributed by atoms with van der Waals surface area (Å²) in [4.78, 5) is 29.1. The van der Waals surface area contributed by atoms with Gasteiger partial charge in [0.05, 0.1) is 6.42 Å². The van der Waals surface area contributed by atoms with Gasteiger partial charge in [-0.05, 0) is 43.4 Å². The molecule has 2 aliphatic rings. The van der Waals surface area contributed by atoms with Crippen LogP contribution in [0.2, 0.25) is 0 Å². The predicted molar refractivity (Wildman–Crippen MR) is 96.2 cm³/mol. The summed E-state index contributed by atoms with van der Waals surface area (Å²) in [6.07, 6.45) is 6.53. The second-order valence-electron chi connectivity index (χ2n) is 7.24. The minimum atomic E-state index is 0.0721. The van der Waals surface area contributed by atoms with E-state index < -0.39 is 0 Å². The first-order chi connectivity index (χ1) is 12.1. The summed E-state index contributed by atoms with van der Waals surface area (Å²) in [5.41, 5.74) is 0.827. The van der Waals surface area contributed by atoms with Gasteiger partial charge in [0, 0.05) is 32.1 Å². The smallest absolute Gasteiger partial charge is 0.226 e. The third kappa shape index (κ3) is 4.74. The van der Waals surface area contributed by atoms with Gasteiger partial charge in [-0.1, -0.05) is 25.0 Å². The summed E-state index contributed by atoms with van der Waals surface area (Å²) in [7, 11) is 0. The van der Waals surface area contributed by atoms with Crippen LogP contribution in [0.1, 0.15) is 44.1 Å². The lowest BCUT2D eigenvalue weighted by atomic mass is 9.94. The minimum Gasteiger partial charge on any atom is -0.508 e. The van der Waals surface area contributed by atoms with Crippen molar-refractivity contribution in [3.05, 3.63) is 29.8 Å². The summed E-state index contributed by atoms with van der Waals surface area (Å²) in [5.74, 6) is 0.628. The molecule has 5 heteroatoms. The fourth-order valence-electron chi connectivity index (χ4n) is 3.88. The molecule has 5 nitrogen and oxygen atoms in total. The Labute approximate surface area is 149 Å². The maximum atomic E-state index is 12.7. The normalized spacial score (nSPS) is 19.5. The number of hydrogen-bond acceptors (Lipinski definition) is 3. The molecule has 136 valence electrons. The lowest BCUT2D eigenvalue weighted by Gasteiger charge is -2.34. The molecule has 1 aromatic rings. The SMILES string of the molecule is O=C(Cc1cccc(O)c1)N1CCC(C(=O)N2CCCCCC2)CC1. The largest absolute Gasteiger partial charge is 0.508 e. The van der Waals surface area contributed by atoms with Gasteiger partial charge >= 0.3 is 0 Å². The molecule has 0 spiro atoms. The molecule has 2 heterocycles. The van der Waals surface area contributed by atoms with Crippen LogP contribution in [0.5, 0.6) is 5.75 Å². The fraction of sp³-hybridized carbons (Fsp3) is 0.600. The van der Waals surface area contributed by atoms with Crippen molar-refractivity contribution < 1.29 is 14.7 Å². The third-order valence-corrected chi connectivity index (χ3v) is 5.38. The second-order valence-corrected chi connectivity index (χ2v) is 7.24. The van der Waals surface area contributed by atoms with Crippen LogP contribution in [-0.4, -0.2) is 52.9 Å². The number of likely N-dealkylation sites (tertiary alicyclic amines) is 2. The highest BCUT2D eigenvalue weighted by molar-refractivity contribution is 5.81. The van der Waals surface area contributed by atoms with Crippen LogP contribution in [0.4, 0.5) is 0 Å². The van der Waals surface area contributed by atoms with Gasteiger partial charge in [0.15, 0.2) is 0 Å². The van der Waals surface area contributed by atoms with E-state index in [0.29, 0.717) is 25.4 Å². The van der Waals surface area contributed by atoms with E-state index in [0.717, 1.165) is 44.3 Å². The maximum absolute atomic E-state index is 12.7. The molecule has 1 aromatic carbocycles.